The van der Waals surface area contributed by atoms with Gasteiger partial charge in [-0.2, -0.15) is 4.98 Å². The zero-order valence-corrected chi connectivity index (χ0v) is 17.1. The highest BCUT2D eigenvalue weighted by molar-refractivity contribution is 6.28. The molecule has 28 heavy (non-hydrogen) atoms. The third kappa shape index (κ3) is 2.70. The zero-order chi connectivity index (χ0) is 19.8. The molecule has 0 aliphatic heterocycles. The van der Waals surface area contributed by atoms with Gasteiger partial charge in [-0.3, -0.25) is 9.36 Å². The SMILES string of the molecule is CC(C)(C)OC(=O)C12CC3CC(C1)C(n1c(=O)[nH]c4cnc(Cl)nc41)C(C3)C2. The highest BCUT2D eigenvalue weighted by Crippen LogP contribution is 2.64. The number of H-pyrrole nitrogens is 1. The summed E-state index contributed by atoms with van der Waals surface area (Å²) >= 11 is 6.00. The quantitative estimate of drug-likeness (QED) is 0.611. The van der Waals surface area contributed by atoms with Crippen LogP contribution in [0.1, 0.15) is 58.9 Å². The second-order valence-electron chi connectivity index (χ2n) is 9.92. The Morgan fingerprint density at radius 1 is 1.29 bits per heavy atom. The number of carbonyl (C=O) groups is 1. The highest BCUT2D eigenvalue weighted by atomic mass is 35.5. The predicted octanol–water partition coefficient (Wildman–Crippen LogP) is 3.48. The fourth-order valence-corrected chi connectivity index (χ4v) is 6.36. The molecule has 7 nitrogen and oxygen atoms in total. The third-order valence-corrected chi connectivity index (χ3v) is 6.96. The Balaban J connectivity index is 1.53. The van der Waals surface area contributed by atoms with Gasteiger partial charge in [-0.15, -0.1) is 0 Å². The Morgan fingerprint density at radius 2 is 1.96 bits per heavy atom. The number of aromatic amines is 1. The second kappa shape index (κ2) is 5.81. The van der Waals surface area contributed by atoms with Gasteiger partial charge in [0.25, 0.3) is 0 Å². The van der Waals surface area contributed by atoms with Crippen molar-refractivity contribution in [2.24, 2.45) is 23.2 Å². The molecule has 8 heteroatoms. The van der Waals surface area contributed by atoms with E-state index < -0.39 is 11.0 Å². The first-order valence-corrected chi connectivity index (χ1v) is 10.4. The molecule has 6 rings (SSSR count). The van der Waals surface area contributed by atoms with Crippen LogP contribution in [0.2, 0.25) is 5.28 Å². The van der Waals surface area contributed by atoms with Crippen molar-refractivity contribution >= 4 is 28.7 Å². The van der Waals surface area contributed by atoms with Crippen LogP contribution in [-0.2, 0) is 9.53 Å². The topological polar surface area (TPSA) is 89.9 Å². The summed E-state index contributed by atoms with van der Waals surface area (Å²) < 4.78 is 7.58. The Labute approximate surface area is 167 Å². The molecular weight excluding hydrogens is 380 g/mol. The summed E-state index contributed by atoms with van der Waals surface area (Å²) in [5.41, 5.74) is 0.110. The van der Waals surface area contributed by atoms with E-state index in [1.807, 2.05) is 20.8 Å². The van der Waals surface area contributed by atoms with Gasteiger partial charge in [0, 0.05) is 6.04 Å². The smallest absolute Gasteiger partial charge is 0.327 e. The first-order chi connectivity index (χ1) is 13.2. The second-order valence-corrected chi connectivity index (χ2v) is 10.3. The largest absolute Gasteiger partial charge is 0.460 e. The van der Waals surface area contributed by atoms with Gasteiger partial charge in [0.05, 0.1) is 11.6 Å². The Hall–Kier alpha value is -1.89. The maximum Gasteiger partial charge on any atom is 0.327 e. The summed E-state index contributed by atoms with van der Waals surface area (Å²) in [6.07, 6.45) is 6.11. The van der Waals surface area contributed by atoms with E-state index in [0.29, 0.717) is 17.1 Å². The molecule has 4 aliphatic rings. The molecule has 2 heterocycles. The number of halogens is 1. The summed E-state index contributed by atoms with van der Waals surface area (Å²) in [5, 5.41) is 0.134. The molecule has 2 aromatic rings. The van der Waals surface area contributed by atoms with Crippen LogP contribution in [0, 0.1) is 23.2 Å². The Bertz CT molecular complexity index is 1000. The normalized spacial score (nSPS) is 34.1. The van der Waals surface area contributed by atoms with E-state index in [4.69, 9.17) is 16.3 Å². The number of nitrogens with one attached hydrogen (secondary N) is 1. The van der Waals surface area contributed by atoms with Crippen molar-refractivity contribution in [3.63, 3.8) is 0 Å². The van der Waals surface area contributed by atoms with E-state index in [0.717, 1.165) is 32.1 Å². The first-order valence-electron chi connectivity index (χ1n) is 10.0. The van der Waals surface area contributed by atoms with E-state index in [-0.39, 0.29) is 34.8 Å². The van der Waals surface area contributed by atoms with Gasteiger partial charge < -0.3 is 9.72 Å². The number of esters is 1. The summed E-state index contributed by atoms with van der Waals surface area (Å²) in [6, 6.07) is 0.0410. The Morgan fingerprint density at radius 3 is 2.61 bits per heavy atom. The van der Waals surface area contributed by atoms with Crippen molar-refractivity contribution in [1.82, 2.24) is 19.5 Å². The lowest BCUT2D eigenvalue weighted by molar-refractivity contribution is -0.186. The minimum Gasteiger partial charge on any atom is -0.460 e. The monoisotopic (exact) mass is 404 g/mol. The number of hydrogen-bond donors (Lipinski definition) is 1. The number of ether oxygens (including phenoxy) is 1. The molecule has 0 aromatic carbocycles. The van der Waals surface area contributed by atoms with Crippen LogP contribution in [0.3, 0.4) is 0 Å². The molecule has 0 amide bonds. The van der Waals surface area contributed by atoms with Crippen LogP contribution in [-0.4, -0.2) is 31.1 Å². The van der Waals surface area contributed by atoms with Crippen LogP contribution in [0.4, 0.5) is 0 Å². The lowest BCUT2D eigenvalue weighted by Crippen LogP contribution is -2.56. The van der Waals surface area contributed by atoms with Crippen LogP contribution in [0.25, 0.3) is 11.2 Å². The lowest BCUT2D eigenvalue weighted by atomic mass is 9.48. The van der Waals surface area contributed by atoms with Crippen molar-refractivity contribution in [1.29, 1.82) is 0 Å². The number of aromatic nitrogens is 4. The Kier molecular flexibility index (Phi) is 3.77. The number of imidazole rings is 1. The van der Waals surface area contributed by atoms with Gasteiger partial charge in [0.15, 0.2) is 5.65 Å². The molecule has 2 unspecified atom stereocenters. The number of nitrogens with zero attached hydrogens (tertiary/aromatic N) is 3. The minimum atomic E-state index is -0.485. The molecule has 0 radical (unpaired) electrons. The van der Waals surface area contributed by atoms with Gasteiger partial charge in [-0.1, -0.05) is 0 Å². The maximum absolute atomic E-state index is 13.1. The van der Waals surface area contributed by atoms with Crippen LogP contribution in [0.15, 0.2) is 11.0 Å². The van der Waals surface area contributed by atoms with Gasteiger partial charge in [0.1, 0.15) is 11.1 Å². The number of hydrogen-bond acceptors (Lipinski definition) is 5. The van der Waals surface area contributed by atoms with Gasteiger partial charge in [-0.25, -0.2) is 9.78 Å². The van der Waals surface area contributed by atoms with Gasteiger partial charge >= 0.3 is 11.7 Å². The number of fused-ring (bicyclic) bond motifs is 1. The van der Waals surface area contributed by atoms with E-state index in [9.17, 15) is 9.59 Å². The molecule has 150 valence electrons. The van der Waals surface area contributed by atoms with Crippen LogP contribution >= 0.6 is 11.6 Å². The summed E-state index contributed by atoms with van der Waals surface area (Å²) in [5.74, 6) is 1.00. The minimum absolute atomic E-state index is 0.0410. The average molecular weight is 405 g/mol. The fraction of sp³-hybridized carbons (Fsp3) is 0.700. The maximum atomic E-state index is 13.1. The van der Waals surface area contributed by atoms with Crippen molar-refractivity contribution in [3.05, 3.63) is 22.0 Å². The molecular formula is C20H25ClN4O3. The number of rotatable bonds is 2. The molecule has 2 atom stereocenters. The van der Waals surface area contributed by atoms with Crippen molar-refractivity contribution in [2.75, 3.05) is 0 Å². The molecule has 0 saturated heterocycles. The molecule has 4 bridgehead atoms. The van der Waals surface area contributed by atoms with Gasteiger partial charge in [-0.05, 0) is 82.2 Å². The zero-order valence-electron chi connectivity index (χ0n) is 16.4. The fourth-order valence-electron chi connectivity index (χ4n) is 6.23. The van der Waals surface area contributed by atoms with Gasteiger partial charge in [0.2, 0.25) is 5.28 Å². The molecule has 0 spiro atoms. The predicted molar refractivity (Wildman–Crippen MR) is 104 cm³/mol. The van der Waals surface area contributed by atoms with E-state index in [1.165, 1.54) is 0 Å². The summed E-state index contributed by atoms with van der Waals surface area (Å²) in [6.45, 7) is 5.76. The van der Waals surface area contributed by atoms with Crippen molar-refractivity contribution < 1.29 is 9.53 Å². The van der Waals surface area contributed by atoms with Crippen molar-refractivity contribution in [2.45, 2.75) is 64.5 Å². The van der Waals surface area contributed by atoms with Crippen LogP contribution < -0.4 is 5.69 Å². The number of carbonyl (C=O) groups excluding carboxylic acids is 1. The molecule has 2 aromatic heterocycles. The van der Waals surface area contributed by atoms with E-state index >= 15 is 0 Å². The molecule has 1 N–H and O–H groups in total. The first kappa shape index (κ1) is 18.2. The molecule has 4 aliphatic carbocycles. The van der Waals surface area contributed by atoms with Crippen molar-refractivity contribution in [3.8, 4) is 0 Å². The standard InChI is InChI=1S/C20H25ClN4O3/c1-19(2,3)28-16(26)20-6-10-4-11(7-20)14(12(5-10)8-20)25-15-13(23-18(25)27)9-22-17(21)24-15/h9-12,14H,4-8H2,1-3H3,(H,23,27). The summed E-state index contributed by atoms with van der Waals surface area (Å²) in [4.78, 5) is 37.0. The average Bonchev–Trinajstić information content (AvgIpc) is 2.88. The highest BCUT2D eigenvalue weighted by Gasteiger charge is 2.60. The van der Waals surface area contributed by atoms with E-state index in [1.54, 1.807) is 10.8 Å². The molecule has 4 saturated carbocycles. The summed E-state index contributed by atoms with van der Waals surface area (Å²) in [7, 11) is 0. The van der Waals surface area contributed by atoms with Crippen LogP contribution in [0.5, 0.6) is 0 Å². The van der Waals surface area contributed by atoms with E-state index in [2.05, 4.69) is 15.0 Å². The lowest BCUT2D eigenvalue weighted by Gasteiger charge is -2.58. The molecule has 4 fully saturated rings. The third-order valence-electron chi connectivity index (χ3n) is 6.78.